The molecule has 166 valence electrons. The summed E-state index contributed by atoms with van der Waals surface area (Å²) in [6, 6.07) is 19.0. The van der Waals surface area contributed by atoms with E-state index in [1.807, 2.05) is 73.8 Å². The fraction of sp³-hybridized carbons (Fsp3) is 0.222. The molecule has 0 N–H and O–H groups in total. The highest BCUT2D eigenvalue weighted by Crippen LogP contribution is 2.28. The van der Waals surface area contributed by atoms with E-state index in [0.717, 1.165) is 27.6 Å². The molecule has 1 aliphatic rings. The zero-order chi connectivity index (χ0) is 22.9. The number of hydrogen-bond acceptors (Lipinski definition) is 4. The zero-order valence-electron chi connectivity index (χ0n) is 18.7. The third-order valence-electron chi connectivity index (χ3n) is 6.39. The van der Waals surface area contributed by atoms with E-state index in [0.29, 0.717) is 30.9 Å². The van der Waals surface area contributed by atoms with Gasteiger partial charge in [-0.25, -0.2) is 0 Å². The Balaban J connectivity index is 1.43. The summed E-state index contributed by atoms with van der Waals surface area (Å²) < 4.78 is 5.92. The number of para-hydroxylation sites is 1. The molecular weight excluding hydrogens is 414 g/mol. The number of carbonyl (C=O) groups is 2. The number of furan rings is 1. The number of likely N-dealkylation sites (N-methyl/N-ethyl adjacent to an activating group) is 1. The van der Waals surface area contributed by atoms with E-state index in [-0.39, 0.29) is 11.8 Å². The van der Waals surface area contributed by atoms with Crippen LogP contribution in [0.25, 0.3) is 22.1 Å². The van der Waals surface area contributed by atoms with Crippen molar-refractivity contribution in [2.75, 3.05) is 20.1 Å². The highest BCUT2D eigenvalue weighted by atomic mass is 16.3. The van der Waals surface area contributed by atoms with Crippen molar-refractivity contribution in [3.05, 3.63) is 89.9 Å². The Kier molecular flexibility index (Phi) is 5.42. The van der Waals surface area contributed by atoms with Gasteiger partial charge in [0.15, 0.2) is 5.76 Å². The van der Waals surface area contributed by atoms with Crippen LogP contribution in [0.15, 0.2) is 77.5 Å². The number of pyridine rings is 1. The van der Waals surface area contributed by atoms with Crippen LogP contribution in [-0.2, 0) is 11.2 Å². The summed E-state index contributed by atoms with van der Waals surface area (Å²) in [7, 11) is 1.79. The van der Waals surface area contributed by atoms with Crippen LogP contribution < -0.4 is 0 Å². The van der Waals surface area contributed by atoms with Crippen molar-refractivity contribution >= 4 is 22.8 Å². The second-order valence-corrected chi connectivity index (χ2v) is 8.47. The maximum absolute atomic E-state index is 13.5. The van der Waals surface area contributed by atoms with Crippen LogP contribution in [0.4, 0.5) is 0 Å². The first-order valence-corrected chi connectivity index (χ1v) is 11.1. The Morgan fingerprint density at radius 2 is 1.82 bits per heavy atom. The lowest BCUT2D eigenvalue weighted by atomic mass is 9.98. The Morgan fingerprint density at radius 3 is 2.55 bits per heavy atom. The molecule has 5 rings (SSSR count). The van der Waals surface area contributed by atoms with E-state index in [4.69, 9.17) is 4.42 Å². The first-order valence-electron chi connectivity index (χ1n) is 11.1. The minimum Gasteiger partial charge on any atom is -0.451 e. The molecule has 4 aromatic rings. The Hall–Kier alpha value is -3.93. The van der Waals surface area contributed by atoms with Gasteiger partial charge < -0.3 is 14.2 Å². The van der Waals surface area contributed by atoms with Crippen LogP contribution in [-0.4, -0.2) is 52.8 Å². The van der Waals surface area contributed by atoms with Crippen molar-refractivity contribution in [3.8, 4) is 11.1 Å². The monoisotopic (exact) mass is 439 g/mol. The van der Waals surface area contributed by atoms with E-state index in [1.165, 1.54) is 0 Å². The third-order valence-corrected chi connectivity index (χ3v) is 6.39. The number of fused-ring (bicyclic) bond motifs is 1. The highest BCUT2D eigenvalue weighted by molar-refractivity contribution is 6.01. The normalized spacial score (nSPS) is 16.4. The average molecular weight is 440 g/mol. The number of amides is 2. The molecular formula is C27H25N3O3. The first-order chi connectivity index (χ1) is 16.0. The SMILES string of the molecule is Cc1c(C(=O)N2CCN(C)C(=O)[C@H]2Cc2ccc(-c3cccnc3)cc2)oc2ccccc12. The molecule has 0 spiro atoms. The van der Waals surface area contributed by atoms with Crippen LogP contribution >= 0.6 is 0 Å². The summed E-state index contributed by atoms with van der Waals surface area (Å²) >= 11 is 0. The van der Waals surface area contributed by atoms with Crippen molar-refractivity contribution in [3.63, 3.8) is 0 Å². The van der Waals surface area contributed by atoms with E-state index >= 15 is 0 Å². The Labute approximate surface area is 192 Å². The Morgan fingerprint density at radius 1 is 1.03 bits per heavy atom. The number of rotatable bonds is 4. The first kappa shape index (κ1) is 20.9. The maximum atomic E-state index is 13.5. The summed E-state index contributed by atoms with van der Waals surface area (Å²) in [6.07, 6.45) is 4.02. The molecule has 0 radical (unpaired) electrons. The van der Waals surface area contributed by atoms with Gasteiger partial charge >= 0.3 is 0 Å². The fourth-order valence-corrected chi connectivity index (χ4v) is 4.45. The van der Waals surface area contributed by atoms with Gasteiger partial charge in [-0.3, -0.25) is 14.6 Å². The van der Waals surface area contributed by atoms with Gasteiger partial charge in [-0.05, 0) is 35.7 Å². The van der Waals surface area contributed by atoms with Gasteiger partial charge in [0, 0.05) is 49.9 Å². The average Bonchev–Trinajstić information content (AvgIpc) is 3.19. The number of benzene rings is 2. The number of aromatic nitrogens is 1. The number of aryl methyl sites for hydroxylation is 1. The summed E-state index contributed by atoms with van der Waals surface area (Å²) in [4.78, 5) is 34.2. The van der Waals surface area contributed by atoms with E-state index in [9.17, 15) is 9.59 Å². The lowest BCUT2D eigenvalue weighted by Crippen LogP contribution is -2.58. The standard InChI is InChI=1S/C27H25N3O3/c1-18-22-7-3-4-8-24(22)33-25(18)27(32)30-15-14-29(2)26(31)23(30)16-19-9-11-20(12-10-19)21-6-5-13-28-17-21/h3-13,17,23H,14-16H2,1-2H3/t23-/m1/s1. The third kappa shape index (κ3) is 3.89. The van der Waals surface area contributed by atoms with Gasteiger partial charge in [0.2, 0.25) is 5.91 Å². The van der Waals surface area contributed by atoms with Crippen LogP contribution in [0.5, 0.6) is 0 Å². The lowest BCUT2D eigenvalue weighted by Gasteiger charge is -2.39. The minimum atomic E-state index is -0.576. The van der Waals surface area contributed by atoms with Gasteiger partial charge in [0.05, 0.1) is 0 Å². The summed E-state index contributed by atoms with van der Waals surface area (Å²) in [5.41, 5.74) is 4.58. The molecule has 6 nitrogen and oxygen atoms in total. The maximum Gasteiger partial charge on any atom is 0.290 e. The molecule has 2 aromatic carbocycles. The molecule has 0 unspecified atom stereocenters. The van der Waals surface area contributed by atoms with Crippen LogP contribution in [0.3, 0.4) is 0 Å². The van der Waals surface area contributed by atoms with Crippen LogP contribution in [0.1, 0.15) is 21.7 Å². The van der Waals surface area contributed by atoms with Crippen molar-refractivity contribution in [1.82, 2.24) is 14.8 Å². The van der Waals surface area contributed by atoms with Crippen molar-refractivity contribution < 1.29 is 14.0 Å². The van der Waals surface area contributed by atoms with Crippen LogP contribution in [0, 0.1) is 6.92 Å². The van der Waals surface area contributed by atoms with Crippen LogP contribution in [0.2, 0.25) is 0 Å². The number of carbonyl (C=O) groups excluding carboxylic acids is 2. The molecule has 2 aromatic heterocycles. The second-order valence-electron chi connectivity index (χ2n) is 8.47. The molecule has 0 saturated carbocycles. The predicted molar refractivity (Wildman–Crippen MR) is 127 cm³/mol. The van der Waals surface area contributed by atoms with Gasteiger partial charge in [0.1, 0.15) is 11.6 Å². The van der Waals surface area contributed by atoms with Crippen molar-refractivity contribution in [2.24, 2.45) is 0 Å². The van der Waals surface area contributed by atoms with Gasteiger partial charge in [-0.1, -0.05) is 48.5 Å². The van der Waals surface area contributed by atoms with Gasteiger partial charge in [0.25, 0.3) is 5.91 Å². The molecule has 6 heteroatoms. The van der Waals surface area contributed by atoms with Gasteiger partial charge in [-0.2, -0.15) is 0 Å². The van der Waals surface area contributed by atoms with E-state index in [2.05, 4.69) is 4.98 Å². The van der Waals surface area contributed by atoms with Crippen molar-refractivity contribution in [1.29, 1.82) is 0 Å². The minimum absolute atomic E-state index is 0.0558. The topological polar surface area (TPSA) is 66.7 Å². The molecule has 1 aliphatic heterocycles. The quantitative estimate of drug-likeness (QED) is 0.475. The summed E-state index contributed by atoms with van der Waals surface area (Å²) in [5, 5.41) is 0.920. The summed E-state index contributed by atoms with van der Waals surface area (Å²) in [5.74, 6) is 0.0207. The number of nitrogens with zero attached hydrogens (tertiary/aromatic N) is 3. The molecule has 1 atom stereocenters. The predicted octanol–water partition coefficient (Wildman–Crippen LogP) is 4.33. The van der Waals surface area contributed by atoms with E-state index in [1.54, 1.807) is 23.0 Å². The Bertz CT molecular complexity index is 1310. The smallest absolute Gasteiger partial charge is 0.290 e. The zero-order valence-corrected chi connectivity index (χ0v) is 18.7. The van der Waals surface area contributed by atoms with Crippen molar-refractivity contribution in [2.45, 2.75) is 19.4 Å². The molecule has 1 fully saturated rings. The largest absolute Gasteiger partial charge is 0.451 e. The molecule has 1 saturated heterocycles. The van der Waals surface area contributed by atoms with Gasteiger partial charge in [-0.15, -0.1) is 0 Å². The molecule has 33 heavy (non-hydrogen) atoms. The van der Waals surface area contributed by atoms with E-state index < -0.39 is 6.04 Å². The number of piperazine rings is 1. The highest BCUT2D eigenvalue weighted by Gasteiger charge is 2.38. The molecule has 0 bridgehead atoms. The molecule has 0 aliphatic carbocycles. The molecule has 3 heterocycles. The summed E-state index contributed by atoms with van der Waals surface area (Å²) in [6.45, 7) is 2.86. The second kappa shape index (κ2) is 8.54. The number of hydrogen-bond donors (Lipinski definition) is 0. The molecule has 2 amide bonds. The fourth-order valence-electron chi connectivity index (χ4n) is 4.45. The lowest BCUT2D eigenvalue weighted by molar-refractivity contribution is -0.138.